The summed E-state index contributed by atoms with van der Waals surface area (Å²) in [4.78, 5) is 3.85. The highest BCUT2D eigenvalue weighted by Crippen LogP contribution is 2.30. The van der Waals surface area contributed by atoms with Gasteiger partial charge in [-0.2, -0.15) is 0 Å². The largest absolute Gasteiger partial charge is 0.384 e. The molecule has 5 heteroatoms. The second-order valence-electron chi connectivity index (χ2n) is 3.75. The highest BCUT2D eigenvalue weighted by Gasteiger charge is 2.26. The maximum absolute atomic E-state index is 12.7. The minimum Gasteiger partial charge on any atom is -0.384 e. The molecule has 0 saturated carbocycles. The minimum atomic E-state index is -2.79. The van der Waals surface area contributed by atoms with Gasteiger partial charge in [0.25, 0.3) is 0 Å². The normalized spacial score (nSPS) is 13.2. The summed E-state index contributed by atoms with van der Waals surface area (Å²) in [5.41, 5.74) is 5.56. The van der Waals surface area contributed by atoms with Crippen LogP contribution >= 0.6 is 0 Å². The van der Waals surface area contributed by atoms with Gasteiger partial charge < -0.3 is 5.73 Å². The van der Waals surface area contributed by atoms with Gasteiger partial charge in [0.1, 0.15) is 12.5 Å². The summed E-state index contributed by atoms with van der Waals surface area (Å²) in [5.74, 6) is -1.40. The molecule has 0 aliphatic rings. The first-order valence-corrected chi connectivity index (χ1v) is 5.12. The molecule has 1 unspecified atom stereocenters. The van der Waals surface area contributed by atoms with E-state index in [1.54, 1.807) is 30.3 Å². The van der Waals surface area contributed by atoms with E-state index in [1.165, 1.54) is 0 Å². The molecular weight excluding hydrogens is 229 g/mol. The molecule has 0 spiro atoms. The Bertz CT molecular complexity index is 528. The molecule has 2 aromatic rings. The molecule has 17 heavy (non-hydrogen) atoms. The summed E-state index contributed by atoms with van der Waals surface area (Å²) >= 11 is 0. The number of pyridine rings is 1. The third-order valence-electron chi connectivity index (χ3n) is 2.61. The van der Waals surface area contributed by atoms with Gasteiger partial charge in [0.05, 0.1) is 11.6 Å². The van der Waals surface area contributed by atoms with Gasteiger partial charge in [-0.25, -0.2) is 13.8 Å². The first-order chi connectivity index (χ1) is 8.13. The van der Waals surface area contributed by atoms with Crippen molar-refractivity contribution in [3.8, 4) is 0 Å². The zero-order valence-corrected chi connectivity index (χ0v) is 8.91. The van der Waals surface area contributed by atoms with Crippen LogP contribution in [0.4, 0.5) is 19.0 Å². The van der Waals surface area contributed by atoms with Gasteiger partial charge in [-0.05, 0) is 11.5 Å². The van der Waals surface area contributed by atoms with Crippen molar-refractivity contribution >= 4 is 16.6 Å². The zero-order chi connectivity index (χ0) is 12.4. The van der Waals surface area contributed by atoms with Gasteiger partial charge in [-0.3, -0.25) is 4.39 Å². The highest BCUT2D eigenvalue weighted by atomic mass is 19.3. The minimum absolute atomic E-state index is 0.0260. The molecule has 0 aliphatic carbocycles. The lowest BCUT2D eigenvalue weighted by molar-refractivity contribution is 0.0999. The van der Waals surface area contributed by atoms with Gasteiger partial charge in [-0.1, -0.05) is 24.3 Å². The topological polar surface area (TPSA) is 38.9 Å². The molecule has 0 aliphatic heterocycles. The average molecular weight is 240 g/mol. The number of rotatable bonds is 3. The number of nitrogen functional groups attached to an aromatic ring is 1. The Kier molecular flexibility index (Phi) is 3.17. The molecule has 1 aromatic carbocycles. The molecule has 1 aromatic heterocycles. The average Bonchev–Trinajstić information content (AvgIpc) is 2.29. The van der Waals surface area contributed by atoms with E-state index in [9.17, 15) is 13.2 Å². The van der Waals surface area contributed by atoms with E-state index in [1.807, 2.05) is 0 Å². The molecule has 90 valence electrons. The second kappa shape index (κ2) is 4.61. The van der Waals surface area contributed by atoms with E-state index >= 15 is 0 Å². The molecule has 2 N–H and O–H groups in total. The summed E-state index contributed by atoms with van der Waals surface area (Å²) < 4.78 is 38.1. The number of hydrogen-bond acceptors (Lipinski definition) is 2. The van der Waals surface area contributed by atoms with E-state index in [0.29, 0.717) is 10.8 Å². The third-order valence-corrected chi connectivity index (χ3v) is 2.61. The Balaban J connectivity index is 2.66. The standard InChI is InChI=1S/C12H11F3N2/c13-6-9(12(14)15)11-8-4-2-1-3-7(8)5-10(16)17-11/h1-5,9,12H,6H2,(H2,16,17). The first kappa shape index (κ1) is 11.7. The van der Waals surface area contributed by atoms with Crippen molar-refractivity contribution in [3.63, 3.8) is 0 Å². The van der Waals surface area contributed by atoms with Gasteiger partial charge in [0, 0.05) is 5.39 Å². The smallest absolute Gasteiger partial charge is 0.249 e. The Morgan fingerprint density at radius 3 is 2.59 bits per heavy atom. The van der Waals surface area contributed by atoms with Crippen LogP contribution in [-0.2, 0) is 0 Å². The SMILES string of the molecule is Nc1cc2ccccc2c(C(CF)C(F)F)n1. The fourth-order valence-electron chi connectivity index (χ4n) is 1.79. The lowest BCUT2D eigenvalue weighted by atomic mass is 10.0. The zero-order valence-electron chi connectivity index (χ0n) is 8.91. The van der Waals surface area contributed by atoms with Crippen molar-refractivity contribution < 1.29 is 13.2 Å². The molecule has 0 fully saturated rings. The summed E-state index contributed by atoms with van der Waals surface area (Å²) in [7, 11) is 0. The Labute approximate surface area is 96.3 Å². The van der Waals surface area contributed by atoms with Crippen molar-refractivity contribution in [1.29, 1.82) is 0 Å². The van der Waals surface area contributed by atoms with E-state index in [4.69, 9.17) is 5.73 Å². The number of alkyl halides is 3. The first-order valence-electron chi connectivity index (χ1n) is 5.12. The van der Waals surface area contributed by atoms with Crippen LogP contribution in [0.2, 0.25) is 0 Å². The Hall–Kier alpha value is -1.78. The van der Waals surface area contributed by atoms with Gasteiger partial charge in [0.2, 0.25) is 6.43 Å². The lowest BCUT2D eigenvalue weighted by Crippen LogP contribution is -2.14. The third kappa shape index (κ3) is 2.18. The molecule has 1 atom stereocenters. The summed E-state index contributed by atoms with van der Waals surface area (Å²) in [5, 5.41) is 1.21. The number of halogens is 3. The van der Waals surface area contributed by atoms with E-state index in [-0.39, 0.29) is 11.5 Å². The lowest BCUT2D eigenvalue weighted by Gasteiger charge is -2.14. The van der Waals surface area contributed by atoms with Gasteiger partial charge in [-0.15, -0.1) is 0 Å². The quantitative estimate of drug-likeness (QED) is 0.895. The molecule has 1 heterocycles. The molecule has 0 radical (unpaired) electrons. The summed E-state index contributed by atoms with van der Waals surface area (Å²) in [6.45, 7) is -1.15. The van der Waals surface area contributed by atoms with E-state index < -0.39 is 19.0 Å². The summed E-state index contributed by atoms with van der Waals surface area (Å²) in [6.07, 6.45) is -2.79. The van der Waals surface area contributed by atoms with E-state index in [0.717, 1.165) is 0 Å². The number of aromatic nitrogens is 1. The van der Waals surface area contributed by atoms with Crippen LogP contribution in [0.15, 0.2) is 30.3 Å². The number of nitrogens with two attached hydrogens (primary N) is 1. The predicted molar refractivity (Wildman–Crippen MR) is 60.9 cm³/mol. The van der Waals surface area contributed by atoms with Crippen LogP contribution in [-0.4, -0.2) is 18.1 Å². The maximum Gasteiger partial charge on any atom is 0.249 e. The van der Waals surface area contributed by atoms with Crippen molar-refractivity contribution in [2.45, 2.75) is 12.3 Å². The van der Waals surface area contributed by atoms with E-state index in [2.05, 4.69) is 4.98 Å². The number of anilines is 1. The fraction of sp³-hybridized carbons (Fsp3) is 0.250. The Morgan fingerprint density at radius 2 is 1.94 bits per heavy atom. The predicted octanol–water partition coefficient (Wildman–Crippen LogP) is 3.14. The van der Waals surface area contributed by atoms with Gasteiger partial charge in [0.15, 0.2) is 0 Å². The molecular formula is C12H11F3N2. The number of hydrogen-bond donors (Lipinski definition) is 1. The molecule has 0 amide bonds. The Morgan fingerprint density at radius 1 is 1.24 bits per heavy atom. The molecule has 0 saturated heterocycles. The van der Waals surface area contributed by atoms with Crippen LogP contribution in [0.3, 0.4) is 0 Å². The molecule has 2 rings (SSSR count). The maximum atomic E-state index is 12.7. The summed E-state index contributed by atoms with van der Waals surface area (Å²) in [6, 6.07) is 8.42. The fourth-order valence-corrected chi connectivity index (χ4v) is 1.79. The van der Waals surface area contributed by atoms with Crippen molar-refractivity contribution in [3.05, 3.63) is 36.0 Å². The van der Waals surface area contributed by atoms with Crippen molar-refractivity contribution in [2.75, 3.05) is 12.4 Å². The van der Waals surface area contributed by atoms with Crippen LogP contribution in [0.5, 0.6) is 0 Å². The van der Waals surface area contributed by atoms with Crippen molar-refractivity contribution in [2.24, 2.45) is 0 Å². The monoisotopic (exact) mass is 240 g/mol. The molecule has 0 bridgehead atoms. The molecule has 2 nitrogen and oxygen atoms in total. The second-order valence-corrected chi connectivity index (χ2v) is 3.75. The number of nitrogens with zero attached hydrogens (tertiary/aromatic N) is 1. The number of benzene rings is 1. The highest BCUT2D eigenvalue weighted by molar-refractivity contribution is 5.86. The number of fused-ring (bicyclic) bond motifs is 1. The van der Waals surface area contributed by atoms with Gasteiger partial charge >= 0.3 is 0 Å². The van der Waals surface area contributed by atoms with Crippen LogP contribution in [0.1, 0.15) is 11.6 Å². The van der Waals surface area contributed by atoms with Crippen LogP contribution < -0.4 is 5.73 Å². The van der Waals surface area contributed by atoms with Crippen molar-refractivity contribution in [1.82, 2.24) is 4.98 Å². The van der Waals surface area contributed by atoms with Crippen LogP contribution in [0.25, 0.3) is 10.8 Å². The van der Waals surface area contributed by atoms with Crippen LogP contribution in [0, 0.1) is 0 Å².